The molecule has 1 aliphatic rings. The molecule has 1 aliphatic carbocycles. The highest BCUT2D eigenvalue weighted by Gasteiger charge is 2.18. The minimum absolute atomic E-state index is 0.267. The molecule has 1 aromatic carbocycles. The minimum atomic E-state index is -0.267. The average molecular weight is 255 g/mol. The lowest BCUT2D eigenvalue weighted by atomic mass is 10.1. The quantitative estimate of drug-likeness (QED) is 0.815. The summed E-state index contributed by atoms with van der Waals surface area (Å²) in [7, 11) is 0. The summed E-state index contributed by atoms with van der Waals surface area (Å²) in [5, 5.41) is 10.1. The first-order chi connectivity index (χ1) is 9.22. The number of benzene rings is 1. The van der Waals surface area contributed by atoms with E-state index in [-0.39, 0.29) is 6.10 Å². The van der Waals surface area contributed by atoms with Gasteiger partial charge in [-0.05, 0) is 37.3 Å². The van der Waals surface area contributed by atoms with Crippen molar-refractivity contribution in [1.29, 1.82) is 0 Å². The Hall–Kier alpha value is -1.54. The van der Waals surface area contributed by atoms with Crippen LogP contribution < -0.4 is 0 Å². The molecule has 2 nitrogen and oxygen atoms in total. The number of aryl methyl sites for hydroxylation is 2. The number of hydrogen-bond donors (Lipinski definition) is 1. The Balaban J connectivity index is 1.82. The van der Waals surface area contributed by atoms with Crippen LogP contribution in [0.5, 0.6) is 0 Å². The third kappa shape index (κ3) is 2.74. The molecule has 1 N–H and O–H groups in total. The van der Waals surface area contributed by atoms with Crippen molar-refractivity contribution in [2.75, 3.05) is 0 Å². The minimum Gasteiger partial charge on any atom is -0.388 e. The van der Waals surface area contributed by atoms with Crippen LogP contribution in [0.2, 0.25) is 0 Å². The molecule has 0 aliphatic heterocycles. The second kappa shape index (κ2) is 5.22. The monoisotopic (exact) mass is 255 g/mol. The zero-order valence-corrected chi connectivity index (χ0v) is 11.5. The van der Waals surface area contributed by atoms with Gasteiger partial charge >= 0.3 is 0 Å². The zero-order valence-electron chi connectivity index (χ0n) is 11.5. The van der Waals surface area contributed by atoms with Gasteiger partial charge in [-0.3, -0.25) is 0 Å². The number of rotatable bonds is 2. The maximum Gasteiger partial charge on any atom is 0.0807 e. The van der Waals surface area contributed by atoms with Crippen LogP contribution in [0, 0.1) is 6.92 Å². The van der Waals surface area contributed by atoms with Gasteiger partial charge in [0.2, 0.25) is 0 Å². The fourth-order valence-corrected chi connectivity index (χ4v) is 2.89. The van der Waals surface area contributed by atoms with E-state index in [0.717, 1.165) is 31.4 Å². The van der Waals surface area contributed by atoms with Crippen LogP contribution in [0.4, 0.5) is 0 Å². The van der Waals surface area contributed by atoms with Crippen molar-refractivity contribution in [3.63, 3.8) is 0 Å². The van der Waals surface area contributed by atoms with Crippen LogP contribution in [-0.4, -0.2) is 9.67 Å². The normalized spacial score (nSPS) is 18.9. The number of fused-ring (bicyclic) bond motifs is 1. The maximum absolute atomic E-state index is 10.1. The summed E-state index contributed by atoms with van der Waals surface area (Å²) >= 11 is 0. The van der Waals surface area contributed by atoms with Crippen molar-refractivity contribution in [1.82, 2.24) is 4.57 Å². The standard InChI is InChI=1S/C17H21NO/c1-13-6-8-14(9-7-13)10-18-11-15-4-2-3-5-17(19)16(15)12-18/h6-9,11-12,17,19H,2-5,10H2,1H3. The molecule has 0 amide bonds. The first-order valence-electron chi connectivity index (χ1n) is 7.14. The molecule has 0 spiro atoms. The van der Waals surface area contributed by atoms with Crippen molar-refractivity contribution in [3.05, 3.63) is 58.9 Å². The number of aromatic nitrogens is 1. The molecule has 0 radical (unpaired) electrons. The molecule has 0 bridgehead atoms. The zero-order chi connectivity index (χ0) is 13.2. The van der Waals surface area contributed by atoms with Gasteiger partial charge in [-0.25, -0.2) is 0 Å². The Labute approximate surface area is 114 Å². The predicted molar refractivity (Wildman–Crippen MR) is 77.2 cm³/mol. The fourth-order valence-electron chi connectivity index (χ4n) is 2.89. The van der Waals surface area contributed by atoms with E-state index in [2.05, 4.69) is 48.1 Å². The molecule has 0 fully saturated rings. The van der Waals surface area contributed by atoms with E-state index < -0.39 is 0 Å². The molecule has 0 saturated heterocycles. The highest BCUT2D eigenvalue weighted by Crippen LogP contribution is 2.29. The van der Waals surface area contributed by atoms with Gasteiger partial charge in [0.15, 0.2) is 0 Å². The van der Waals surface area contributed by atoms with Gasteiger partial charge in [-0.2, -0.15) is 0 Å². The maximum atomic E-state index is 10.1. The van der Waals surface area contributed by atoms with Crippen LogP contribution in [0.1, 0.15) is 47.6 Å². The summed E-state index contributed by atoms with van der Waals surface area (Å²) < 4.78 is 2.21. The first kappa shape index (κ1) is 12.5. The topological polar surface area (TPSA) is 25.2 Å². The van der Waals surface area contributed by atoms with Crippen LogP contribution >= 0.6 is 0 Å². The Morgan fingerprint density at radius 1 is 1.16 bits per heavy atom. The predicted octanol–water partition coefficient (Wildman–Crippen LogP) is 3.60. The van der Waals surface area contributed by atoms with Gasteiger partial charge in [-0.1, -0.05) is 36.2 Å². The van der Waals surface area contributed by atoms with Gasteiger partial charge in [0.1, 0.15) is 0 Å². The van der Waals surface area contributed by atoms with Gasteiger partial charge in [-0.15, -0.1) is 0 Å². The summed E-state index contributed by atoms with van der Waals surface area (Å²) in [4.78, 5) is 0. The molecule has 2 heteroatoms. The van der Waals surface area contributed by atoms with Crippen LogP contribution in [0.25, 0.3) is 0 Å². The lowest BCUT2D eigenvalue weighted by Gasteiger charge is -2.07. The van der Waals surface area contributed by atoms with Crippen molar-refractivity contribution < 1.29 is 5.11 Å². The molecule has 19 heavy (non-hydrogen) atoms. The molecule has 3 rings (SSSR count). The number of aliphatic hydroxyl groups is 1. The van der Waals surface area contributed by atoms with E-state index in [0.29, 0.717) is 0 Å². The Kier molecular flexibility index (Phi) is 3.43. The summed E-state index contributed by atoms with van der Waals surface area (Å²) in [6.07, 6.45) is 8.41. The summed E-state index contributed by atoms with van der Waals surface area (Å²) in [6.45, 7) is 3.00. The molecular weight excluding hydrogens is 234 g/mol. The van der Waals surface area contributed by atoms with Crippen molar-refractivity contribution >= 4 is 0 Å². The second-order valence-electron chi connectivity index (χ2n) is 5.66. The van der Waals surface area contributed by atoms with Gasteiger partial charge < -0.3 is 9.67 Å². The average Bonchev–Trinajstić information content (AvgIpc) is 2.72. The van der Waals surface area contributed by atoms with Gasteiger partial charge in [0, 0.05) is 24.5 Å². The third-order valence-corrected chi connectivity index (χ3v) is 4.02. The third-order valence-electron chi connectivity index (χ3n) is 4.02. The van der Waals surface area contributed by atoms with Crippen LogP contribution in [0.15, 0.2) is 36.7 Å². The van der Waals surface area contributed by atoms with E-state index in [4.69, 9.17) is 0 Å². The van der Waals surface area contributed by atoms with Crippen molar-refractivity contribution in [2.24, 2.45) is 0 Å². The van der Waals surface area contributed by atoms with Crippen LogP contribution in [-0.2, 0) is 13.0 Å². The molecule has 1 aromatic heterocycles. The van der Waals surface area contributed by atoms with E-state index in [1.807, 2.05) is 0 Å². The van der Waals surface area contributed by atoms with E-state index in [1.54, 1.807) is 0 Å². The summed E-state index contributed by atoms with van der Waals surface area (Å²) in [6, 6.07) is 8.66. The number of hydrogen-bond acceptors (Lipinski definition) is 1. The number of aliphatic hydroxyl groups excluding tert-OH is 1. The largest absolute Gasteiger partial charge is 0.388 e. The van der Waals surface area contributed by atoms with Gasteiger partial charge in [0.25, 0.3) is 0 Å². The van der Waals surface area contributed by atoms with Crippen molar-refractivity contribution in [3.8, 4) is 0 Å². The first-order valence-corrected chi connectivity index (χ1v) is 7.14. The second-order valence-corrected chi connectivity index (χ2v) is 5.66. The van der Waals surface area contributed by atoms with E-state index in [1.165, 1.54) is 23.1 Å². The highest BCUT2D eigenvalue weighted by atomic mass is 16.3. The van der Waals surface area contributed by atoms with Crippen molar-refractivity contribution in [2.45, 2.75) is 45.3 Å². The SMILES string of the molecule is Cc1ccc(Cn2cc3c(c2)C(O)CCCC3)cc1. The lowest BCUT2D eigenvalue weighted by Crippen LogP contribution is -1.98. The van der Waals surface area contributed by atoms with Gasteiger partial charge in [0.05, 0.1) is 6.10 Å². The fraction of sp³-hybridized carbons (Fsp3) is 0.412. The molecule has 100 valence electrons. The highest BCUT2D eigenvalue weighted by molar-refractivity contribution is 5.29. The number of nitrogens with zero attached hydrogens (tertiary/aromatic N) is 1. The Morgan fingerprint density at radius 3 is 2.74 bits per heavy atom. The lowest BCUT2D eigenvalue weighted by molar-refractivity contribution is 0.166. The molecule has 1 unspecified atom stereocenters. The summed E-state index contributed by atoms with van der Waals surface area (Å²) in [5.74, 6) is 0. The molecule has 2 aromatic rings. The van der Waals surface area contributed by atoms with Crippen LogP contribution in [0.3, 0.4) is 0 Å². The van der Waals surface area contributed by atoms with E-state index in [9.17, 15) is 5.11 Å². The molecule has 1 heterocycles. The Morgan fingerprint density at radius 2 is 1.95 bits per heavy atom. The Bertz CT molecular complexity index is 553. The molecule has 1 atom stereocenters. The summed E-state index contributed by atoms with van der Waals surface area (Å²) in [5.41, 5.74) is 5.08. The molecule has 0 saturated carbocycles. The smallest absolute Gasteiger partial charge is 0.0807 e. The molecular formula is C17H21NO. The van der Waals surface area contributed by atoms with E-state index >= 15 is 0 Å².